The fourth-order valence-corrected chi connectivity index (χ4v) is 1.72. The van der Waals surface area contributed by atoms with Crippen LogP contribution in [0.15, 0.2) is 18.2 Å². The zero-order valence-electron chi connectivity index (χ0n) is 9.40. The summed E-state index contributed by atoms with van der Waals surface area (Å²) in [6.45, 7) is 2.96. The number of sulfonamides is 1. The minimum Gasteiger partial charge on any atom is -0.398 e. The first-order chi connectivity index (χ1) is 7.74. The Morgan fingerprint density at radius 2 is 2.00 bits per heavy atom. The molecule has 3 N–H and O–H groups in total. The van der Waals surface area contributed by atoms with E-state index < -0.39 is 21.2 Å². The Morgan fingerprint density at radius 1 is 1.41 bits per heavy atom. The number of hydrogen-bond acceptors (Lipinski definition) is 4. The van der Waals surface area contributed by atoms with Crippen LogP contribution in [0.5, 0.6) is 0 Å². The summed E-state index contributed by atoms with van der Waals surface area (Å²) in [6, 6.07) is 4.17. The molecule has 0 saturated carbocycles. The molecule has 0 unspecified atom stereocenters. The third-order valence-electron chi connectivity index (χ3n) is 2.11. The van der Waals surface area contributed by atoms with Gasteiger partial charge in [-0.05, 0) is 32.0 Å². The van der Waals surface area contributed by atoms with Gasteiger partial charge in [0.05, 0.1) is 16.0 Å². The molecule has 0 heterocycles. The first-order valence-electron chi connectivity index (χ1n) is 4.85. The van der Waals surface area contributed by atoms with Crippen LogP contribution in [0.3, 0.4) is 0 Å². The van der Waals surface area contributed by atoms with Gasteiger partial charge in [0, 0.05) is 5.56 Å². The van der Waals surface area contributed by atoms with Crippen molar-refractivity contribution < 1.29 is 13.2 Å². The standard InChI is InChI=1S/C10H13ClN2O3S/c1-6(2)17(15,16)13-10(14)7-3-4-8(11)9(12)5-7/h3-6H,12H2,1-2H3,(H,13,14). The molecular weight excluding hydrogens is 264 g/mol. The molecule has 1 amide bonds. The van der Waals surface area contributed by atoms with Gasteiger partial charge < -0.3 is 5.73 Å². The first kappa shape index (κ1) is 13.8. The van der Waals surface area contributed by atoms with Gasteiger partial charge in [0.25, 0.3) is 5.91 Å². The van der Waals surface area contributed by atoms with Crippen LogP contribution in [-0.2, 0) is 10.0 Å². The highest BCUT2D eigenvalue weighted by Crippen LogP contribution is 2.19. The van der Waals surface area contributed by atoms with Crippen molar-refractivity contribution in [3.05, 3.63) is 28.8 Å². The molecule has 0 aliphatic rings. The molecule has 5 nitrogen and oxygen atoms in total. The smallest absolute Gasteiger partial charge is 0.264 e. The zero-order valence-corrected chi connectivity index (χ0v) is 11.0. The normalized spacial score (nSPS) is 11.5. The summed E-state index contributed by atoms with van der Waals surface area (Å²) >= 11 is 5.69. The summed E-state index contributed by atoms with van der Waals surface area (Å²) in [5.41, 5.74) is 5.89. The van der Waals surface area contributed by atoms with Crippen molar-refractivity contribution in [1.29, 1.82) is 0 Å². The van der Waals surface area contributed by atoms with Gasteiger partial charge in [-0.1, -0.05) is 11.6 Å². The maximum atomic E-state index is 11.6. The van der Waals surface area contributed by atoms with Crippen LogP contribution in [0, 0.1) is 0 Å². The van der Waals surface area contributed by atoms with Gasteiger partial charge in [0.1, 0.15) is 0 Å². The van der Waals surface area contributed by atoms with Gasteiger partial charge >= 0.3 is 0 Å². The quantitative estimate of drug-likeness (QED) is 0.817. The van der Waals surface area contributed by atoms with Crippen molar-refractivity contribution in [2.24, 2.45) is 0 Å². The number of nitrogens with one attached hydrogen (secondary N) is 1. The molecule has 0 fully saturated rings. The Kier molecular flexibility index (Phi) is 4.00. The van der Waals surface area contributed by atoms with E-state index in [1.165, 1.54) is 32.0 Å². The van der Waals surface area contributed by atoms with Crippen molar-refractivity contribution in [3.63, 3.8) is 0 Å². The van der Waals surface area contributed by atoms with Crippen molar-refractivity contribution in [3.8, 4) is 0 Å². The lowest BCUT2D eigenvalue weighted by atomic mass is 10.2. The summed E-state index contributed by atoms with van der Waals surface area (Å²) < 4.78 is 24.9. The van der Waals surface area contributed by atoms with E-state index in [1.54, 1.807) is 0 Å². The Labute approximate surface area is 105 Å². The Bertz CT molecular complexity index is 540. The van der Waals surface area contributed by atoms with Gasteiger partial charge in [-0.25, -0.2) is 13.1 Å². The predicted octanol–water partition coefficient (Wildman–Crippen LogP) is 1.39. The van der Waals surface area contributed by atoms with Crippen LogP contribution < -0.4 is 10.5 Å². The van der Waals surface area contributed by atoms with Gasteiger partial charge in [-0.2, -0.15) is 0 Å². The minimum atomic E-state index is -3.64. The molecule has 1 rings (SSSR count). The summed E-state index contributed by atoms with van der Waals surface area (Å²) in [4.78, 5) is 11.6. The maximum Gasteiger partial charge on any atom is 0.264 e. The lowest BCUT2D eigenvalue weighted by Gasteiger charge is -2.09. The topological polar surface area (TPSA) is 89.3 Å². The van der Waals surface area contributed by atoms with Crippen LogP contribution in [0.2, 0.25) is 5.02 Å². The number of anilines is 1. The van der Waals surface area contributed by atoms with E-state index in [0.29, 0.717) is 5.02 Å². The number of carbonyl (C=O) groups excluding carboxylic acids is 1. The molecule has 17 heavy (non-hydrogen) atoms. The molecular formula is C10H13ClN2O3S. The number of hydrogen-bond donors (Lipinski definition) is 2. The molecule has 0 aromatic heterocycles. The molecule has 7 heteroatoms. The van der Waals surface area contributed by atoms with Crippen molar-refractivity contribution in [1.82, 2.24) is 4.72 Å². The molecule has 0 radical (unpaired) electrons. The first-order valence-corrected chi connectivity index (χ1v) is 6.77. The van der Waals surface area contributed by atoms with Crippen LogP contribution in [0.1, 0.15) is 24.2 Å². The fraction of sp³-hybridized carbons (Fsp3) is 0.300. The van der Waals surface area contributed by atoms with Gasteiger partial charge in [0.2, 0.25) is 10.0 Å². The monoisotopic (exact) mass is 276 g/mol. The number of carbonyl (C=O) groups is 1. The maximum absolute atomic E-state index is 11.6. The number of nitrogen functional groups attached to an aromatic ring is 1. The summed E-state index contributed by atoms with van der Waals surface area (Å²) in [7, 11) is -3.64. The van der Waals surface area contributed by atoms with Crippen LogP contribution in [-0.4, -0.2) is 19.6 Å². The summed E-state index contributed by atoms with van der Waals surface area (Å²) in [5, 5.41) is -0.371. The Morgan fingerprint density at radius 3 is 2.47 bits per heavy atom. The average Bonchev–Trinajstić information content (AvgIpc) is 2.21. The average molecular weight is 277 g/mol. The number of benzene rings is 1. The summed E-state index contributed by atoms with van der Waals surface area (Å²) in [5.74, 6) is -0.720. The third-order valence-corrected chi connectivity index (χ3v) is 4.17. The van der Waals surface area contributed by atoms with Gasteiger partial charge in [-0.15, -0.1) is 0 Å². The minimum absolute atomic E-state index is 0.149. The number of rotatable bonds is 3. The van der Waals surface area contributed by atoms with Crippen molar-refractivity contribution in [2.45, 2.75) is 19.1 Å². The number of nitrogens with two attached hydrogens (primary N) is 1. The van der Waals surface area contributed by atoms with E-state index in [9.17, 15) is 13.2 Å². The van der Waals surface area contributed by atoms with E-state index in [4.69, 9.17) is 17.3 Å². The van der Waals surface area contributed by atoms with E-state index in [2.05, 4.69) is 0 Å². The second-order valence-electron chi connectivity index (χ2n) is 3.76. The van der Waals surface area contributed by atoms with Crippen LogP contribution >= 0.6 is 11.6 Å². The highest BCUT2D eigenvalue weighted by molar-refractivity contribution is 7.90. The van der Waals surface area contributed by atoms with Crippen LogP contribution in [0.4, 0.5) is 5.69 Å². The largest absolute Gasteiger partial charge is 0.398 e. The van der Waals surface area contributed by atoms with Crippen molar-refractivity contribution >= 4 is 33.2 Å². The lowest BCUT2D eigenvalue weighted by molar-refractivity contribution is 0.0981. The Balaban J connectivity index is 2.95. The van der Waals surface area contributed by atoms with E-state index >= 15 is 0 Å². The molecule has 0 spiro atoms. The molecule has 0 aliphatic heterocycles. The van der Waals surface area contributed by atoms with Crippen molar-refractivity contribution in [2.75, 3.05) is 5.73 Å². The van der Waals surface area contributed by atoms with Gasteiger partial charge in [-0.3, -0.25) is 4.79 Å². The molecule has 94 valence electrons. The molecule has 0 saturated heterocycles. The third kappa shape index (κ3) is 3.34. The Hall–Kier alpha value is -1.27. The predicted molar refractivity (Wildman–Crippen MR) is 67.4 cm³/mol. The SMILES string of the molecule is CC(C)S(=O)(=O)NC(=O)c1ccc(Cl)c(N)c1. The lowest BCUT2D eigenvalue weighted by Crippen LogP contribution is -2.35. The number of amides is 1. The molecule has 1 aromatic carbocycles. The number of halogens is 1. The molecule has 1 aromatic rings. The highest BCUT2D eigenvalue weighted by atomic mass is 35.5. The van der Waals surface area contributed by atoms with E-state index in [0.717, 1.165) is 0 Å². The second kappa shape index (κ2) is 4.93. The van der Waals surface area contributed by atoms with E-state index in [1.807, 2.05) is 4.72 Å². The summed E-state index contributed by atoms with van der Waals surface area (Å²) in [6.07, 6.45) is 0. The second-order valence-corrected chi connectivity index (χ2v) is 6.41. The fourth-order valence-electron chi connectivity index (χ4n) is 0.991. The molecule has 0 bridgehead atoms. The molecule has 0 aliphatic carbocycles. The molecule has 0 atom stereocenters. The van der Waals surface area contributed by atoms with E-state index in [-0.39, 0.29) is 11.3 Å². The van der Waals surface area contributed by atoms with Gasteiger partial charge in [0.15, 0.2) is 0 Å². The van der Waals surface area contributed by atoms with Crippen LogP contribution in [0.25, 0.3) is 0 Å². The highest BCUT2D eigenvalue weighted by Gasteiger charge is 2.20. The zero-order chi connectivity index (χ0) is 13.2.